The molecule has 0 saturated heterocycles. The van der Waals surface area contributed by atoms with Gasteiger partial charge in [0.1, 0.15) is 12.6 Å². The Morgan fingerprint density at radius 2 is 1.56 bits per heavy atom. The topological polar surface area (TPSA) is 86.8 Å². The Morgan fingerprint density at radius 1 is 0.976 bits per heavy atom. The zero-order valence-corrected chi connectivity index (χ0v) is 26.7. The number of hydrogen-bond acceptors (Lipinski definition) is 4. The van der Waals surface area contributed by atoms with E-state index in [0.29, 0.717) is 21.3 Å². The molecular formula is C30H32BrCl2N3O4S. The summed E-state index contributed by atoms with van der Waals surface area (Å²) < 4.78 is 29.6. The highest BCUT2D eigenvalue weighted by atomic mass is 79.9. The molecule has 1 aliphatic rings. The number of rotatable bonds is 10. The number of amides is 2. The summed E-state index contributed by atoms with van der Waals surface area (Å²) in [6.45, 7) is 2.88. The van der Waals surface area contributed by atoms with Crippen LogP contribution in [0.1, 0.15) is 43.7 Å². The van der Waals surface area contributed by atoms with Crippen molar-refractivity contribution in [3.63, 3.8) is 0 Å². The molecule has 1 atom stereocenters. The third kappa shape index (κ3) is 7.63. The predicted octanol–water partition coefficient (Wildman–Crippen LogP) is 6.74. The number of halogens is 3. The van der Waals surface area contributed by atoms with Gasteiger partial charge in [-0.25, -0.2) is 8.42 Å². The van der Waals surface area contributed by atoms with E-state index in [-0.39, 0.29) is 23.4 Å². The summed E-state index contributed by atoms with van der Waals surface area (Å²) in [5.74, 6) is -0.890. The Hall–Kier alpha value is -2.59. The molecule has 0 radical (unpaired) electrons. The van der Waals surface area contributed by atoms with Gasteiger partial charge in [-0.05, 0) is 75.2 Å². The molecule has 218 valence electrons. The van der Waals surface area contributed by atoms with Gasteiger partial charge in [-0.1, -0.05) is 75.7 Å². The van der Waals surface area contributed by atoms with Crippen LogP contribution in [0.2, 0.25) is 10.0 Å². The van der Waals surface area contributed by atoms with Crippen LogP contribution in [0.25, 0.3) is 0 Å². The summed E-state index contributed by atoms with van der Waals surface area (Å²) in [5, 5.41) is 3.73. The summed E-state index contributed by atoms with van der Waals surface area (Å²) in [4.78, 5) is 28.8. The number of sulfonamides is 1. The molecule has 3 aromatic rings. The first-order valence-electron chi connectivity index (χ1n) is 13.3. The lowest BCUT2D eigenvalue weighted by Crippen LogP contribution is -2.52. The number of hydrogen-bond donors (Lipinski definition) is 1. The van der Waals surface area contributed by atoms with E-state index in [2.05, 4.69) is 21.2 Å². The van der Waals surface area contributed by atoms with Crippen molar-refractivity contribution < 1.29 is 18.0 Å². The second-order valence-electron chi connectivity index (χ2n) is 10.2. The van der Waals surface area contributed by atoms with Crippen molar-refractivity contribution in [1.82, 2.24) is 10.2 Å². The van der Waals surface area contributed by atoms with E-state index < -0.39 is 28.5 Å². The maximum absolute atomic E-state index is 14.1. The Kier molecular flexibility index (Phi) is 10.4. The Labute approximate surface area is 260 Å². The third-order valence-corrected chi connectivity index (χ3v) is 10.3. The molecule has 41 heavy (non-hydrogen) atoms. The molecule has 0 aliphatic heterocycles. The number of benzene rings is 3. The molecule has 2 amide bonds. The fraction of sp³-hybridized carbons (Fsp3) is 0.333. The van der Waals surface area contributed by atoms with Crippen LogP contribution in [0.4, 0.5) is 5.69 Å². The monoisotopic (exact) mass is 679 g/mol. The average Bonchev–Trinajstić information content (AvgIpc) is 3.45. The first-order chi connectivity index (χ1) is 19.5. The zero-order valence-electron chi connectivity index (χ0n) is 22.8. The fourth-order valence-corrected chi connectivity index (χ4v) is 7.00. The van der Waals surface area contributed by atoms with Gasteiger partial charge in [0.05, 0.1) is 10.6 Å². The number of nitrogens with one attached hydrogen (secondary N) is 1. The van der Waals surface area contributed by atoms with Gasteiger partial charge in [0, 0.05) is 32.7 Å². The summed E-state index contributed by atoms with van der Waals surface area (Å²) in [5.41, 5.74) is 1.68. The second-order valence-corrected chi connectivity index (χ2v) is 13.8. The highest BCUT2D eigenvalue weighted by Gasteiger charge is 2.34. The molecule has 1 saturated carbocycles. The number of carbonyl (C=O) groups excluding carboxylic acids is 2. The molecule has 0 aromatic heterocycles. The van der Waals surface area contributed by atoms with Crippen molar-refractivity contribution in [2.45, 2.75) is 63.1 Å². The lowest BCUT2D eigenvalue weighted by Gasteiger charge is -2.33. The molecule has 11 heteroatoms. The SMILES string of the molecule is Cc1ccc(S(=O)(=O)N(CC(=O)N(Cc2c(Cl)cccc2Cl)C(C)C(=O)NC2CCCC2)c2ccc(Br)cc2)cc1. The van der Waals surface area contributed by atoms with Gasteiger partial charge in [0.25, 0.3) is 10.0 Å². The lowest BCUT2D eigenvalue weighted by molar-refractivity contribution is -0.139. The quantitative estimate of drug-likeness (QED) is 0.257. The third-order valence-electron chi connectivity index (χ3n) is 7.26. The van der Waals surface area contributed by atoms with E-state index >= 15 is 0 Å². The minimum atomic E-state index is -4.15. The van der Waals surface area contributed by atoms with Gasteiger partial charge >= 0.3 is 0 Å². The van der Waals surface area contributed by atoms with Crippen LogP contribution >= 0.6 is 39.1 Å². The molecule has 7 nitrogen and oxygen atoms in total. The Balaban J connectivity index is 1.71. The molecular weight excluding hydrogens is 649 g/mol. The lowest BCUT2D eigenvalue weighted by atomic mass is 10.1. The smallest absolute Gasteiger partial charge is 0.264 e. The van der Waals surface area contributed by atoms with Crippen LogP contribution in [0.3, 0.4) is 0 Å². The maximum atomic E-state index is 14.1. The van der Waals surface area contributed by atoms with Gasteiger partial charge in [0.15, 0.2) is 0 Å². The van der Waals surface area contributed by atoms with Crippen molar-refractivity contribution in [2.75, 3.05) is 10.8 Å². The summed E-state index contributed by atoms with van der Waals surface area (Å²) >= 11 is 16.3. The van der Waals surface area contributed by atoms with Crippen molar-refractivity contribution in [2.24, 2.45) is 0 Å². The van der Waals surface area contributed by atoms with Crippen molar-refractivity contribution >= 4 is 66.7 Å². The van der Waals surface area contributed by atoms with Crippen LogP contribution in [0.15, 0.2) is 76.1 Å². The highest BCUT2D eigenvalue weighted by Crippen LogP contribution is 2.29. The van der Waals surface area contributed by atoms with Gasteiger partial charge in [-0.3, -0.25) is 13.9 Å². The van der Waals surface area contributed by atoms with Gasteiger partial charge in [0.2, 0.25) is 11.8 Å². The van der Waals surface area contributed by atoms with Crippen molar-refractivity contribution in [3.8, 4) is 0 Å². The zero-order chi connectivity index (χ0) is 29.7. The van der Waals surface area contributed by atoms with Crippen LogP contribution in [-0.2, 0) is 26.2 Å². The van der Waals surface area contributed by atoms with Gasteiger partial charge < -0.3 is 10.2 Å². The Bertz CT molecular complexity index is 1470. The minimum Gasteiger partial charge on any atom is -0.352 e. The standard InChI is InChI=1S/C30H32BrCl2N3O4S/c1-20-10-16-25(17-11-20)41(39,40)36(24-14-12-22(31)13-15-24)19-29(37)35(18-26-27(32)8-5-9-28(26)33)21(2)30(38)34-23-6-3-4-7-23/h5,8-17,21,23H,3-4,6-7,18-19H2,1-2H3,(H,34,38). The van der Waals surface area contributed by atoms with Gasteiger partial charge in [-0.2, -0.15) is 0 Å². The van der Waals surface area contributed by atoms with Crippen LogP contribution in [-0.4, -0.2) is 43.8 Å². The highest BCUT2D eigenvalue weighted by molar-refractivity contribution is 9.10. The van der Waals surface area contributed by atoms with E-state index in [0.717, 1.165) is 40.0 Å². The van der Waals surface area contributed by atoms with Crippen molar-refractivity contribution in [3.05, 3.63) is 92.4 Å². The Morgan fingerprint density at radius 3 is 2.15 bits per heavy atom. The molecule has 1 unspecified atom stereocenters. The summed E-state index contributed by atoms with van der Waals surface area (Å²) in [6.07, 6.45) is 3.84. The molecule has 0 bridgehead atoms. The molecule has 1 N–H and O–H groups in total. The number of nitrogens with zero attached hydrogens (tertiary/aromatic N) is 2. The van der Waals surface area contributed by atoms with Crippen molar-refractivity contribution in [1.29, 1.82) is 0 Å². The second kappa shape index (κ2) is 13.6. The summed E-state index contributed by atoms with van der Waals surface area (Å²) in [6, 6.07) is 17.2. The first kappa shape index (κ1) is 31.3. The van der Waals surface area contributed by atoms with Crippen LogP contribution in [0, 0.1) is 6.92 Å². The molecule has 3 aromatic carbocycles. The largest absolute Gasteiger partial charge is 0.352 e. The van der Waals surface area contributed by atoms with Gasteiger partial charge in [-0.15, -0.1) is 0 Å². The van der Waals surface area contributed by atoms with Crippen LogP contribution in [0.5, 0.6) is 0 Å². The molecule has 1 fully saturated rings. The molecule has 1 aliphatic carbocycles. The van der Waals surface area contributed by atoms with Crippen LogP contribution < -0.4 is 9.62 Å². The van der Waals surface area contributed by atoms with E-state index in [4.69, 9.17) is 23.2 Å². The predicted molar refractivity (Wildman–Crippen MR) is 167 cm³/mol. The van der Waals surface area contributed by atoms with E-state index in [1.54, 1.807) is 61.5 Å². The first-order valence-corrected chi connectivity index (χ1v) is 16.3. The number of aryl methyl sites for hydroxylation is 1. The average molecular weight is 681 g/mol. The maximum Gasteiger partial charge on any atom is 0.264 e. The summed E-state index contributed by atoms with van der Waals surface area (Å²) in [7, 11) is -4.15. The molecule has 0 spiro atoms. The fourth-order valence-electron chi connectivity index (χ4n) is 4.80. The molecule has 0 heterocycles. The number of anilines is 1. The minimum absolute atomic E-state index is 0.0477. The van der Waals surface area contributed by atoms with E-state index in [1.165, 1.54) is 17.0 Å². The molecule has 4 rings (SSSR count). The number of carbonyl (C=O) groups is 2. The van der Waals surface area contributed by atoms with E-state index in [9.17, 15) is 18.0 Å². The van der Waals surface area contributed by atoms with E-state index in [1.807, 2.05) is 6.92 Å². The normalized spacial score (nSPS) is 14.5.